The highest BCUT2D eigenvalue weighted by molar-refractivity contribution is 6.13. The van der Waals surface area contributed by atoms with Crippen LogP contribution in [0, 0.1) is 0 Å². The summed E-state index contributed by atoms with van der Waals surface area (Å²) in [5, 5.41) is 17.5. The number of benzene rings is 1. The summed E-state index contributed by atoms with van der Waals surface area (Å²) in [7, 11) is 0. The van der Waals surface area contributed by atoms with Gasteiger partial charge in [0.1, 0.15) is 0 Å². The second kappa shape index (κ2) is 4.77. The standard InChI is InChI=1S/C9H8ClNO4/c10-11-4-6-2-1-5(8(12)13)3-7(6)9(14)15/h1-3,11H,4H2,(H,12,13)(H,14,15). The first kappa shape index (κ1) is 11.5. The molecule has 0 aliphatic heterocycles. The maximum absolute atomic E-state index is 10.8. The number of nitrogens with one attached hydrogen (secondary N) is 1. The Labute approximate surface area is 90.4 Å². The molecule has 0 spiro atoms. The Balaban J connectivity index is 3.20. The van der Waals surface area contributed by atoms with Crippen molar-refractivity contribution < 1.29 is 19.8 Å². The summed E-state index contributed by atoms with van der Waals surface area (Å²) in [5.41, 5.74) is 0.302. The van der Waals surface area contributed by atoms with Crippen molar-refractivity contribution in [3.8, 4) is 0 Å². The Hall–Kier alpha value is -1.59. The van der Waals surface area contributed by atoms with Crippen molar-refractivity contribution >= 4 is 23.7 Å². The molecule has 1 aromatic carbocycles. The molecular formula is C9H8ClNO4. The van der Waals surface area contributed by atoms with Gasteiger partial charge < -0.3 is 10.2 Å². The molecule has 3 N–H and O–H groups in total. The number of hydrogen-bond donors (Lipinski definition) is 3. The topological polar surface area (TPSA) is 86.6 Å². The molecule has 15 heavy (non-hydrogen) atoms. The van der Waals surface area contributed by atoms with E-state index >= 15 is 0 Å². The Kier molecular flexibility index (Phi) is 3.65. The molecule has 6 heteroatoms. The predicted molar refractivity (Wildman–Crippen MR) is 53.1 cm³/mol. The van der Waals surface area contributed by atoms with Crippen LogP contribution in [0.4, 0.5) is 0 Å². The van der Waals surface area contributed by atoms with Crippen LogP contribution in [0.3, 0.4) is 0 Å². The van der Waals surface area contributed by atoms with Gasteiger partial charge in [0.15, 0.2) is 0 Å². The van der Waals surface area contributed by atoms with Gasteiger partial charge in [0.05, 0.1) is 11.1 Å². The van der Waals surface area contributed by atoms with Crippen LogP contribution in [0.1, 0.15) is 26.3 Å². The minimum absolute atomic E-state index is 0.0641. The zero-order valence-corrected chi connectivity index (χ0v) is 8.28. The lowest BCUT2D eigenvalue weighted by Gasteiger charge is -2.05. The first-order valence-electron chi connectivity index (χ1n) is 3.99. The van der Waals surface area contributed by atoms with Gasteiger partial charge in [-0.2, -0.15) is 0 Å². The first-order chi connectivity index (χ1) is 7.06. The highest BCUT2D eigenvalue weighted by atomic mass is 35.5. The van der Waals surface area contributed by atoms with E-state index in [0.717, 1.165) is 6.07 Å². The summed E-state index contributed by atoms with van der Waals surface area (Å²) >= 11 is 5.26. The zero-order chi connectivity index (χ0) is 11.4. The van der Waals surface area contributed by atoms with E-state index in [4.69, 9.17) is 22.0 Å². The molecule has 0 amide bonds. The SMILES string of the molecule is O=C(O)c1ccc(CNCl)c(C(=O)O)c1. The van der Waals surface area contributed by atoms with Crippen LogP contribution in [0.25, 0.3) is 0 Å². The summed E-state index contributed by atoms with van der Waals surface area (Å²) in [4.78, 5) is 23.7. The maximum Gasteiger partial charge on any atom is 0.336 e. The molecule has 1 rings (SSSR count). The van der Waals surface area contributed by atoms with Crippen LogP contribution in [-0.4, -0.2) is 22.2 Å². The molecule has 0 fully saturated rings. The molecule has 0 atom stereocenters. The lowest BCUT2D eigenvalue weighted by atomic mass is 10.0. The van der Waals surface area contributed by atoms with E-state index in [2.05, 4.69) is 4.84 Å². The number of carboxylic acids is 2. The number of hydrogen-bond acceptors (Lipinski definition) is 3. The van der Waals surface area contributed by atoms with Gasteiger partial charge in [-0.15, -0.1) is 0 Å². The van der Waals surface area contributed by atoms with Crippen molar-refractivity contribution in [2.24, 2.45) is 0 Å². The molecule has 0 saturated carbocycles. The number of aromatic carboxylic acids is 2. The van der Waals surface area contributed by atoms with E-state index < -0.39 is 11.9 Å². The molecule has 0 unspecified atom stereocenters. The smallest absolute Gasteiger partial charge is 0.336 e. The Morgan fingerprint density at radius 3 is 2.40 bits per heavy atom. The van der Waals surface area contributed by atoms with E-state index in [1.807, 2.05) is 0 Å². The Bertz CT molecular complexity index is 405. The fourth-order valence-corrected chi connectivity index (χ4v) is 1.28. The fraction of sp³-hybridized carbons (Fsp3) is 0.111. The summed E-state index contributed by atoms with van der Waals surface area (Å²) in [5.74, 6) is -2.34. The zero-order valence-electron chi connectivity index (χ0n) is 7.53. The van der Waals surface area contributed by atoms with Gasteiger partial charge in [-0.1, -0.05) is 6.07 Å². The second-order valence-electron chi connectivity index (χ2n) is 2.79. The van der Waals surface area contributed by atoms with Crippen LogP contribution in [0.5, 0.6) is 0 Å². The fourth-order valence-electron chi connectivity index (χ4n) is 1.13. The van der Waals surface area contributed by atoms with Crippen LogP contribution < -0.4 is 4.84 Å². The monoisotopic (exact) mass is 229 g/mol. The molecule has 0 aromatic heterocycles. The summed E-state index contributed by atoms with van der Waals surface area (Å²) < 4.78 is 0. The lowest BCUT2D eigenvalue weighted by molar-refractivity contribution is 0.0695. The van der Waals surface area contributed by atoms with Gasteiger partial charge in [-0.3, -0.25) is 0 Å². The average molecular weight is 230 g/mol. The second-order valence-corrected chi connectivity index (χ2v) is 3.06. The van der Waals surface area contributed by atoms with Gasteiger partial charge >= 0.3 is 11.9 Å². The quantitative estimate of drug-likeness (QED) is 0.678. The van der Waals surface area contributed by atoms with Gasteiger partial charge in [0.2, 0.25) is 0 Å². The summed E-state index contributed by atoms with van der Waals surface area (Å²) in [6, 6.07) is 3.86. The van der Waals surface area contributed by atoms with Crippen LogP contribution in [0.2, 0.25) is 0 Å². The van der Waals surface area contributed by atoms with Crippen LogP contribution >= 0.6 is 11.8 Å². The normalized spacial score (nSPS) is 9.93. The van der Waals surface area contributed by atoms with Gasteiger partial charge in [-0.25, -0.2) is 14.4 Å². The van der Waals surface area contributed by atoms with Crippen LogP contribution in [0.15, 0.2) is 18.2 Å². The minimum atomic E-state index is -1.18. The minimum Gasteiger partial charge on any atom is -0.478 e. The van der Waals surface area contributed by atoms with Crippen molar-refractivity contribution in [1.29, 1.82) is 0 Å². The summed E-state index contributed by atoms with van der Waals surface area (Å²) in [6.07, 6.45) is 0. The number of carbonyl (C=O) groups is 2. The Morgan fingerprint density at radius 2 is 1.93 bits per heavy atom. The highest BCUT2D eigenvalue weighted by Gasteiger charge is 2.13. The molecule has 5 nitrogen and oxygen atoms in total. The molecule has 0 heterocycles. The molecule has 0 saturated heterocycles. The third-order valence-corrected chi connectivity index (χ3v) is 1.98. The molecule has 1 aromatic rings. The molecule has 0 aliphatic rings. The highest BCUT2D eigenvalue weighted by Crippen LogP contribution is 2.12. The first-order valence-corrected chi connectivity index (χ1v) is 4.37. The molecule has 0 bridgehead atoms. The number of halogens is 1. The Morgan fingerprint density at radius 1 is 1.27 bits per heavy atom. The lowest BCUT2D eigenvalue weighted by Crippen LogP contribution is -2.09. The molecular weight excluding hydrogens is 222 g/mol. The van der Waals surface area contributed by atoms with E-state index in [1.54, 1.807) is 0 Å². The van der Waals surface area contributed by atoms with Crippen molar-refractivity contribution in [2.75, 3.05) is 0 Å². The van der Waals surface area contributed by atoms with Gasteiger partial charge in [-0.05, 0) is 29.5 Å². The van der Waals surface area contributed by atoms with E-state index in [9.17, 15) is 9.59 Å². The maximum atomic E-state index is 10.8. The average Bonchev–Trinajstić information content (AvgIpc) is 2.18. The van der Waals surface area contributed by atoms with Crippen molar-refractivity contribution in [2.45, 2.75) is 6.54 Å². The molecule has 80 valence electrons. The van der Waals surface area contributed by atoms with Crippen molar-refractivity contribution in [3.05, 3.63) is 34.9 Å². The largest absolute Gasteiger partial charge is 0.478 e. The van der Waals surface area contributed by atoms with E-state index in [-0.39, 0.29) is 17.7 Å². The predicted octanol–water partition coefficient (Wildman–Crippen LogP) is 1.33. The van der Waals surface area contributed by atoms with Gasteiger partial charge in [0, 0.05) is 6.54 Å². The van der Waals surface area contributed by atoms with E-state index in [1.165, 1.54) is 12.1 Å². The molecule has 0 aliphatic carbocycles. The summed E-state index contributed by atoms with van der Waals surface area (Å²) in [6.45, 7) is 0.156. The third-order valence-electron chi connectivity index (χ3n) is 1.84. The molecule has 0 radical (unpaired) electrons. The number of carboxylic acid groups (broad SMARTS) is 2. The van der Waals surface area contributed by atoms with Crippen LogP contribution in [-0.2, 0) is 6.54 Å². The van der Waals surface area contributed by atoms with E-state index in [0.29, 0.717) is 5.56 Å². The van der Waals surface area contributed by atoms with Crippen molar-refractivity contribution in [3.63, 3.8) is 0 Å². The number of rotatable bonds is 4. The third kappa shape index (κ3) is 2.68. The van der Waals surface area contributed by atoms with Gasteiger partial charge in [0.25, 0.3) is 0 Å². The van der Waals surface area contributed by atoms with Crippen molar-refractivity contribution in [1.82, 2.24) is 4.84 Å².